The van der Waals surface area contributed by atoms with Crippen LogP contribution in [0.3, 0.4) is 0 Å². The van der Waals surface area contributed by atoms with Crippen LogP contribution in [-0.4, -0.2) is 59.8 Å². The molecule has 0 aliphatic rings. The maximum atomic E-state index is 11.8. The van der Waals surface area contributed by atoms with Crippen molar-refractivity contribution < 1.29 is 19.8 Å². The maximum absolute atomic E-state index is 11.8. The Kier molecular flexibility index (Phi) is 7.21. The van der Waals surface area contributed by atoms with E-state index in [1.807, 2.05) is 0 Å². The minimum Gasteiger partial charge on any atom is -0.395 e. The minimum atomic E-state index is -0.354. The highest BCUT2D eigenvalue weighted by Crippen LogP contribution is 2.11. The van der Waals surface area contributed by atoms with Crippen LogP contribution in [0.2, 0.25) is 0 Å². The molecule has 6 nitrogen and oxygen atoms in total. The molecule has 0 aliphatic heterocycles. The highest BCUT2D eigenvalue weighted by atomic mass is 79.9. The van der Waals surface area contributed by atoms with Crippen molar-refractivity contribution in [2.45, 2.75) is 0 Å². The van der Waals surface area contributed by atoms with Gasteiger partial charge in [0, 0.05) is 23.1 Å². The molecule has 0 fully saturated rings. The Bertz CT molecular complexity index is 461. The van der Waals surface area contributed by atoms with E-state index in [1.54, 1.807) is 24.3 Å². The standard InChI is InChI=1S/C13H17BrN2O4/c14-11-3-1-2-10(8-11)13(20)15-9-12(19)16(4-6-17)5-7-18/h1-3,8,17-18H,4-7,9H2,(H,15,20). The summed E-state index contributed by atoms with van der Waals surface area (Å²) < 4.78 is 0.777. The first-order chi connectivity index (χ1) is 9.58. The smallest absolute Gasteiger partial charge is 0.251 e. The summed E-state index contributed by atoms with van der Waals surface area (Å²) in [6, 6.07) is 6.82. The third-order valence-corrected chi connectivity index (χ3v) is 3.07. The van der Waals surface area contributed by atoms with Crippen molar-refractivity contribution in [3.63, 3.8) is 0 Å². The molecule has 20 heavy (non-hydrogen) atoms. The van der Waals surface area contributed by atoms with Crippen LogP contribution in [0.1, 0.15) is 10.4 Å². The van der Waals surface area contributed by atoms with Crippen molar-refractivity contribution in [3.05, 3.63) is 34.3 Å². The number of hydrogen-bond acceptors (Lipinski definition) is 4. The first-order valence-corrected chi connectivity index (χ1v) is 6.91. The Morgan fingerprint density at radius 2 is 1.85 bits per heavy atom. The predicted octanol–water partition coefficient (Wildman–Crippen LogP) is -0.00790. The summed E-state index contributed by atoms with van der Waals surface area (Å²) in [7, 11) is 0. The molecule has 0 bridgehead atoms. The van der Waals surface area contributed by atoms with E-state index in [0.29, 0.717) is 5.56 Å². The molecular weight excluding hydrogens is 328 g/mol. The third-order valence-electron chi connectivity index (χ3n) is 2.58. The van der Waals surface area contributed by atoms with Crippen molar-refractivity contribution in [2.24, 2.45) is 0 Å². The van der Waals surface area contributed by atoms with Crippen LogP contribution >= 0.6 is 15.9 Å². The largest absolute Gasteiger partial charge is 0.395 e. The van der Waals surface area contributed by atoms with Gasteiger partial charge >= 0.3 is 0 Å². The van der Waals surface area contributed by atoms with E-state index in [0.717, 1.165) is 4.47 Å². The number of benzene rings is 1. The molecule has 3 N–H and O–H groups in total. The molecule has 0 aromatic heterocycles. The van der Waals surface area contributed by atoms with Crippen LogP contribution in [0.25, 0.3) is 0 Å². The molecule has 2 amide bonds. The summed E-state index contributed by atoms with van der Waals surface area (Å²) in [5.74, 6) is -0.705. The Balaban J connectivity index is 2.53. The van der Waals surface area contributed by atoms with Gasteiger partial charge in [-0.2, -0.15) is 0 Å². The molecular formula is C13H17BrN2O4. The lowest BCUT2D eigenvalue weighted by atomic mass is 10.2. The number of nitrogens with one attached hydrogen (secondary N) is 1. The number of aliphatic hydroxyl groups excluding tert-OH is 2. The van der Waals surface area contributed by atoms with Crippen LogP contribution in [0, 0.1) is 0 Å². The van der Waals surface area contributed by atoms with E-state index >= 15 is 0 Å². The summed E-state index contributed by atoms with van der Waals surface area (Å²) >= 11 is 3.26. The van der Waals surface area contributed by atoms with E-state index < -0.39 is 0 Å². The number of halogens is 1. The molecule has 0 unspecified atom stereocenters. The lowest BCUT2D eigenvalue weighted by molar-refractivity contribution is -0.131. The molecule has 1 rings (SSSR count). The SMILES string of the molecule is O=C(NCC(=O)N(CCO)CCO)c1cccc(Br)c1. The van der Waals surface area contributed by atoms with Crippen molar-refractivity contribution in [3.8, 4) is 0 Å². The molecule has 0 atom stereocenters. The quantitative estimate of drug-likeness (QED) is 0.649. The zero-order valence-electron chi connectivity index (χ0n) is 10.9. The van der Waals surface area contributed by atoms with E-state index in [4.69, 9.17) is 10.2 Å². The predicted molar refractivity (Wildman–Crippen MR) is 77.2 cm³/mol. The second-order valence-corrected chi connectivity index (χ2v) is 4.94. The first-order valence-electron chi connectivity index (χ1n) is 6.11. The second kappa shape index (κ2) is 8.68. The van der Waals surface area contributed by atoms with Gasteiger partial charge < -0.3 is 20.4 Å². The lowest BCUT2D eigenvalue weighted by Gasteiger charge is -2.20. The number of nitrogens with zero attached hydrogens (tertiary/aromatic N) is 1. The average molecular weight is 345 g/mol. The molecule has 1 aromatic carbocycles. The van der Waals surface area contributed by atoms with Crippen LogP contribution in [0.4, 0.5) is 0 Å². The molecule has 7 heteroatoms. The molecule has 110 valence electrons. The van der Waals surface area contributed by atoms with Gasteiger partial charge in [0.2, 0.25) is 5.91 Å². The van der Waals surface area contributed by atoms with Gasteiger partial charge in [0.05, 0.1) is 19.8 Å². The zero-order valence-corrected chi connectivity index (χ0v) is 12.5. The summed E-state index contributed by atoms with van der Waals surface area (Å²) in [6.07, 6.45) is 0. The van der Waals surface area contributed by atoms with E-state index in [1.165, 1.54) is 4.90 Å². The summed E-state index contributed by atoms with van der Waals surface area (Å²) in [5, 5.41) is 20.2. The Labute approximate surface area is 125 Å². The van der Waals surface area contributed by atoms with Crippen molar-refractivity contribution in [1.82, 2.24) is 10.2 Å². The van der Waals surface area contributed by atoms with E-state index in [9.17, 15) is 9.59 Å². The van der Waals surface area contributed by atoms with Gasteiger partial charge in [-0.1, -0.05) is 22.0 Å². The van der Waals surface area contributed by atoms with Crippen molar-refractivity contribution in [2.75, 3.05) is 32.8 Å². The second-order valence-electron chi connectivity index (χ2n) is 4.02. The van der Waals surface area contributed by atoms with E-state index in [-0.39, 0.29) is 44.7 Å². The first kappa shape index (κ1) is 16.6. The van der Waals surface area contributed by atoms with Gasteiger partial charge in [0.1, 0.15) is 0 Å². The fourth-order valence-corrected chi connectivity index (χ4v) is 2.00. The number of carbonyl (C=O) groups is 2. The normalized spacial score (nSPS) is 10.2. The Morgan fingerprint density at radius 3 is 2.40 bits per heavy atom. The lowest BCUT2D eigenvalue weighted by Crippen LogP contribution is -2.42. The van der Waals surface area contributed by atoms with Gasteiger partial charge in [-0.15, -0.1) is 0 Å². The molecule has 0 saturated heterocycles. The van der Waals surface area contributed by atoms with Crippen LogP contribution in [0.5, 0.6) is 0 Å². The summed E-state index contributed by atoms with van der Waals surface area (Å²) in [5.41, 5.74) is 0.447. The Morgan fingerprint density at radius 1 is 1.20 bits per heavy atom. The maximum Gasteiger partial charge on any atom is 0.251 e. The van der Waals surface area contributed by atoms with E-state index in [2.05, 4.69) is 21.2 Å². The zero-order chi connectivity index (χ0) is 15.0. The molecule has 0 spiro atoms. The minimum absolute atomic E-state index is 0.131. The fraction of sp³-hybridized carbons (Fsp3) is 0.385. The van der Waals surface area contributed by atoms with Gasteiger partial charge in [-0.05, 0) is 18.2 Å². The fourth-order valence-electron chi connectivity index (χ4n) is 1.60. The molecule has 0 saturated carbocycles. The van der Waals surface area contributed by atoms with Crippen LogP contribution in [0.15, 0.2) is 28.7 Å². The summed E-state index contributed by atoms with van der Waals surface area (Å²) in [4.78, 5) is 24.9. The molecule has 1 aromatic rings. The van der Waals surface area contributed by atoms with Crippen molar-refractivity contribution in [1.29, 1.82) is 0 Å². The van der Waals surface area contributed by atoms with Gasteiger partial charge in [-0.25, -0.2) is 0 Å². The van der Waals surface area contributed by atoms with Gasteiger partial charge in [0.15, 0.2) is 0 Å². The number of carbonyl (C=O) groups excluding carboxylic acids is 2. The van der Waals surface area contributed by atoms with Crippen LogP contribution in [-0.2, 0) is 4.79 Å². The topological polar surface area (TPSA) is 89.9 Å². The number of hydrogen-bond donors (Lipinski definition) is 3. The van der Waals surface area contributed by atoms with Gasteiger partial charge in [0.25, 0.3) is 5.91 Å². The number of aliphatic hydroxyl groups is 2. The van der Waals surface area contributed by atoms with Gasteiger partial charge in [-0.3, -0.25) is 9.59 Å². The number of rotatable bonds is 7. The summed E-state index contributed by atoms with van der Waals surface area (Å²) in [6.45, 7) is -0.291. The van der Waals surface area contributed by atoms with Crippen LogP contribution < -0.4 is 5.32 Å². The number of amides is 2. The molecule has 0 heterocycles. The van der Waals surface area contributed by atoms with Crippen molar-refractivity contribution >= 4 is 27.7 Å². The third kappa shape index (κ3) is 5.28. The monoisotopic (exact) mass is 344 g/mol. The highest BCUT2D eigenvalue weighted by molar-refractivity contribution is 9.10. The highest BCUT2D eigenvalue weighted by Gasteiger charge is 2.14. The molecule has 0 radical (unpaired) electrons. The molecule has 0 aliphatic carbocycles. The average Bonchev–Trinajstić information content (AvgIpc) is 2.44. The Hall–Kier alpha value is -1.44.